The lowest BCUT2D eigenvalue weighted by Crippen LogP contribution is -2.11. The summed E-state index contributed by atoms with van der Waals surface area (Å²) in [5.41, 5.74) is 0.971. The number of carbonyl (C=O) groups excluding carboxylic acids is 1. The van der Waals surface area contributed by atoms with E-state index in [4.69, 9.17) is 9.05 Å². The average Bonchev–Trinajstić information content (AvgIpc) is 2.45. The van der Waals surface area contributed by atoms with Crippen molar-refractivity contribution < 1.29 is 23.1 Å². The maximum absolute atomic E-state index is 12.5. The van der Waals surface area contributed by atoms with Gasteiger partial charge >= 0.3 is 13.6 Å². The molecule has 0 aliphatic rings. The molecule has 0 N–H and O–H groups in total. The zero-order valence-corrected chi connectivity index (χ0v) is 13.0. The van der Waals surface area contributed by atoms with Crippen LogP contribution in [0.4, 0.5) is 0 Å². The molecule has 0 saturated heterocycles. The van der Waals surface area contributed by atoms with E-state index in [0.717, 1.165) is 5.56 Å². The molecular formula is C14H21O5P. The van der Waals surface area contributed by atoms with Gasteiger partial charge in [-0.3, -0.25) is 9.36 Å². The summed E-state index contributed by atoms with van der Waals surface area (Å²) in [5.74, 6) is -0.247. The van der Waals surface area contributed by atoms with E-state index >= 15 is 0 Å². The van der Waals surface area contributed by atoms with E-state index in [1.165, 1.54) is 7.11 Å². The highest BCUT2D eigenvalue weighted by Gasteiger charge is 2.26. The lowest BCUT2D eigenvalue weighted by molar-refractivity contribution is -0.140. The van der Waals surface area contributed by atoms with Gasteiger partial charge in [0.25, 0.3) is 0 Å². The molecular weight excluding hydrogens is 279 g/mol. The first-order valence-electron chi connectivity index (χ1n) is 6.61. The van der Waals surface area contributed by atoms with Gasteiger partial charge in [0, 0.05) is 6.42 Å². The van der Waals surface area contributed by atoms with Gasteiger partial charge in [-0.05, 0) is 38.0 Å². The van der Waals surface area contributed by atoms with E-state index < -0.39 is 7.60 Å². The SMILES string of the molecule is CCOP(=O)(OCC)c1ccc(CCC(=O)OC)cc1. The van der Waals surface area contributed by atoms with Gasteiger partial charge in [-0.15, -0.1) is 0 Å². The molecule has 0 saturated carbocycles. The summed E-state index contributed by atoms with van der Waals surface area (Å²) in [5, 5.41) is 0.531. The maximum Gasteiger partial charge on any atom is 0.361 e. The molecule has 0 unspecified atom stereocenters. The summed E-state index contributed by atoms with van der Waals surface area (Å²) >= 11 is 0. The Bertz CT molecular complexity index is 459. The van der Waals surface area contributed by atoms with E-state index in [1.807, 2.05) is 12.1 Å². The minimum absolute atomic E-state index is 0.247. The van der Waals surface area contributed by atoms with E-state index in [0.29, 0.717) is 31.4 Å². The Morgan fingerprint density at radius 2 is 1.65 bits per heavy atom. The molecule has 0 radical (unpaired) electrons. The molecule has 1 aromatic rings. The van der Waals surface area contributed by atoms with Gasteiger partial charge in [0.1, 0.15) is 0 Å². The summed E-state index contributed by atoms with van der Waals surface area (Å²) in [6, 6.07) is 7.09. The second kappa shape index (κ2) is 8.20. The standard InChI is InChI=1S/C14H21O5P/c1-4-18-20(16,19-5-2)13-9-6-12(7-10-13)8-11-14(15)17-3/h6-7,9-10H,4-5,8,11H2,1-3H3. The number of benzene rings is 1. The third-order valence-corrected chi connectivity index (χ3v) is 4.82. The summed E-state index contributed by atoms with van der Waals surface area (Å²) in [6.07, 6.45) is 0.908. The van der Waals surface area contributed by atoms with Crippen LogP contribution in [0.1, 0.15) is 25.8 Å². The van der Waals surface area contributed by atoms with Crippen LogP contribution in [0.5, 0.6) is 0 Å². The second-order valence-corrected chi connectivity index (χ2v) is 6.10. The highest BCUT2D eigenvalue weighted by Crippen LogP contribution is 2.46. The first-order chi connectivity index (χ1) is 9.55. The Morgan fingerprint density at radius 3 is 2.10 bits per heavy atom. The molecule has 0 fully saturated rings. The second-order valence-electron chi connectivity index (χ2n) is 4.08. The van der Waals surface area contributed by atoms with Crippen molar-refractivity contribution in [3.05, 3.63) is 29.8 Å². The van der Waals surface area contributed by atoms with E-state index in [1.54, 1.807) is 26.0 Å². The fourth-order valence-electron chi connectivity index (χ4n) is 1.72. The predicted octanol–water partition coefficient (Wildman–Crippen LogP) is 2.68. The smallest absolute Gasteiger partial charge is 0.361 e. The van der Waals surface area contributed by atoms with Gasteiger partial charge in [-0.1, -0.05) is 12.1 Å². The molecule has 0 aliphatic carbocycles. The number of hydrogen-bond acceptors (Lipinski definition) is 5. The Labute approximate surface area is 119 Å². The minimum Gasteiger partial charge on any atom is -0.469 e. The van der Waals surface area contributed by atoms with E-state index in [2.05, 4.69) is 4.74 Å². The van der Waals surface area contributed by atoms with Crippen LogP contribution >= 0.6 is 7.60 Å². The number of hydrogen-bond donors (Lipinski definition) is 0. The number of methoxy groups -OCH3 is 1. The van der Waals surface area contributed by atoms with Crippen molar-refractivity contribution in [2.24, 2.45) is 0 Å². The van der Waals surface area contributed by atoms with Gasteiger partial charge in [0.2, 0.25) is 0 Å². The van der Waals surface area contributed by atoms with Crippen LogP contribution in [0.3, 0.4) is 0 Å². The number of carbonyl (C=O) groups is 1. The topological polar surface area (TPSA) is 61.8 Å². The van der Waals surface area contributed by atoms with Crippen LogP contribution in [-0.4, -0.2) is 26.3 Å². The molecule has 0 atom stereocenters. The van der Waals surface area contributed by atoms with Gasteiger partial charge in [-0.2, -0.15) is 0 Å². The molecule has 1 rings (SSSR count). The first kappa shape index (κ1) is 16.9. The molecule has 1 aromatic carbocycles. The Morgan fingerprint density at radius 1 is 1.10 bits per heavy atom. The van der Waals surface area contributed by atoms with Crippen LogP contribution in [0.25, 0.3) is 0 Å². The predicted molar refractivity (Wildman–Crippen MR) is 77.3 cm³/mol. The quantitative estimate of drug-likeness (QED) is 0.545. The molecule has 0 spiro atoms. The molecule has 0 aromatic heterocycles. The van der Waals surface area contributed by atoms with Crippen molar-refractivity contribution >= 4 is 18.9 Å². The highest BCUT2D eigenvalue weighted by molar-refractivity contribution is 7.62. The van der Waals surface area contributed by atoms with Crippen molar-refractivity contribution in [3.8, 4) is 0 Å². The molecule has 112 valence electrons. The number of ether oxygens (including phenoxy) is 1. The summed E-state index contributed by atoms with van der Waals surface area (Å²) in [4.78, 5) is 11.1. The average molecular weight is 300 g/mol. The highest BCUT2D eigenvalue weighted by atomic mass is 31.2. The van der Waals surface area contributed by atoms with E-state index in [-0.39, 0.29) is 5.97 Å². The number of rotatable bonds is 8. The van der Waals surface area contributed by atoms with Gasteiger partial charge in [0.15, 0.2) is 0 Å². The largest absolute Gasteiger partial charge is 0.469 e. The Kier molecular flexibility index (Phi) is 6.93. The Hall–Kier alpha value is -1.16. The van der Waals surface area contributed by atoms with Gasteiger partial charge in [0.05, 0.1) is 25.6 Å². The van der Waals surface area contributed by atoms with Crippen LogP contribution in [0, 0.1) is 0 Å². The minimum atomic E-state index is -3.23. The van der Waals surface area contributed by atoms with Gasteiger partial charge in [-0.25, -0.2) is 0 Å². The lowest BCUT2D eigenvalue weighted by Gasteiger charge is -2.17. The van der Waals surface area contributed by atoms with Crippen molar-refractivity contribution in [1.82, 2.24) is 0 Å². The van der Waals surface area contributed by atoms with Crippen LogP contribution in [-0.2, 0) is 29.6 Å². The molecule has 0 aliphatic heterocycles. The number of esters is 1. The number of aryl methyl sites for hydroxylation is 1. The Balaban J connectivity index is 2.78. The summed E-state index contributed by atoms with van der Waals surface area (Å²) in [7, 11) is -1.86. The van der Waals surface area contributed by atoms with Crippen molar-refractivity contribution in [1.29, 1.82) is 0 Å². The molecule has 0 heterocycles. The fourth-order valence-corrected chi connectivity index (χ4v) is 3.29. The van der Waals surface area contributed by atoms with Crippen LogP contribution < -0.4 is 5.30 Å². The van der Waals surface area contributed by atoms with Gasteiger partial charge < -0.3 is 13.8 Å². The normalized spacial score (nSPS) is 11.3. The molecule has 20 heavy (non-hydrogen) atoms. The molecule has 5 nitrogen and oxygen atoms in total. The molecule has 0 bridgehead atoms. The monoisotopic (exact) mass is 300 g/mol. The van der Waals surface area contributed by atoms with Crippen molar-refractivity contribution in [2.45, 2.75) is 26.7 Å². The maximum atomic E-state index is 12.5. The fraction of sp³-hybridized carbons (Fsp3) is 0.500. The zero-order valence-electron chi connectivity index (χ0n) is 12.1. The van der Waals surface area contributed by atoms with Crippen molar-refractivity contribution in [3.63, 3.8) is 0 Å². The molecule has 6 heteroatoms. The van der Waals surface area contributed by atoms with E-state index in [9.17, 15) is 9.36 Å². The van der Waals surface area contributed by atoms with Crippen LogP contribution in [0.2, 0.25) is 0 Å². The third kappa shape index (κ3) is 4.75. The summed E-state index contributed by atoms with van der Waals surface area (Å²) in [6.45, 7) is 4.19. The third-order valence-electron chi connectivity index (χ3n) is 2.70. The zero-order chi connectivity index (χ0) is 15.0. The first-order valence-corrected chi connectivity index (χ1v) is 8.15. The molecule has 0 amide bonds. The van der Waals surface area contributed by atoms with Crippen LogP contribution in [0.15, 0.2) is 24.3 Å². The van der Waals surface area contributed by atoms with Crippen molar-refractivity contribution in [2.75, 3.05) is 20.3 Å². The lowest BCUT2D eigenvalue weighted by atomic mass is 10.1. The summed E-state index contributed by atoms with van der Waals surface area (Å²) < 4.78 is 27.7.